The first kappa shape index (κ1) is 13.3. The highest BCUT2D eigenvalue weighted by Crippen LogP contribution is 2.34. The standard InChI is InChI=1S/C12H7BrClNO2S/c13-10-6-9(18-12(10)14)7-11(15(16)17)8-4-2-1-3-5-8/h1-7H/b11-7+. The molecule has 1 aromatic heterocycles. The number of nitro groups is 1. The summed E-state index contributed by atoms with van der Waals surface area (Å²) in [4.78, 5) is 11.4. The van der Waals surface area contributed by atoms with Crippen LogP contribution in [0.4, 0.5) is 0 Å². The molecule has 0 unspecified atom stereocenters. The number of halogens is 2. The Labute approximate surface area is 121 Å². The van der Waals surface area contributed by atoms with E-state index in [1.54, 1.807) is 30.3 Å². The first-order valence-electron chi connectivity index (χ1n) is 4.94. The maximum absolute atomic E-state index is 11.1. The molecule has 3 nitrogen and oxygen atoms in total. The molecular weight excluding hydrogens is 338 g/mol. The average Bonchev–Trinajstić information content (AvgIpc) is 2.66. The van der Waals surface area contributed by atoms with Gasteiger partial charge in [0.1, 0.15) is 4.34 Å². The van der Waals surface area contributed by atoms with Crippen molar-refractivity contribution in [3.63, 3.8) is 0 Å². The Balaban J connectivity index is 2.46. The van der Waals surface area contributed by atoms with Gasteiger partial charge in [0, 0.05) is 15.4 Å². The second kappa shape index (κ2) is 5.65. The highest BCUT2D eigenvalue weighted by molar-refractivity contribution is 9.10. The highest BCUT2D eigenvalue weighted by Gasteiger charge is 2.15. The molecule has 0 amide bonds. The molecule has 0 atom stereocenters. The maximum atomic E-state index is 11.1. The second-order valence-electron chi connectivity index (χ2n) is 3.42. The van der Waals surface area contributed by atoms with Gasteiger partial charge < -0.3 is 0 Å². The molecule has 0 N–H and O–H groups in total. The van der Waals surface area contributed by atoms with Gasteiger partial charge in [-0.05, 0) is 34.1 Å². The van der Waals surface area contributed by atoms with E-state index in [2.05, 4.69) is 15.9 Å². The molecule has 0 aliphatic heterocycles. The number of hydrogen-bond acceptors (Lipinski definition) is 3. The van der Waals surface area contributed by atoms with E-state index in [4.69, 9.17) is 11.6 Å². The van der Waals surface area contributed by atoms with Gasteiger partial charge in [-0.2, -0.15) is 0 Å². The minimum absolute atomic E-state index is 0.0565. The third kappa shape index (κ3) is 2.98. The summed E-state index contributed by atoms with van der Waals surface area (Å²) in [6.07, 6.45) is 1.52. The molecule has 0 saturated heterocycles. The SMILES string of the molecule is O=[N+]([O-])/C(=C/c1cc(Br)c(Cl)s1)c1ccccc1. The first-order chi connectivity index (χ1) is 8.58. The predicted octanol–water partition coefficient (Wildman–Crippen LogP) is 4.94. The number of rotatable bonds is 3. The third-order valence-corrected chi connectivity index (χ3v) is 4.63. The van der Waals surface area contributed by atoms with Crippen LogP contribution in [0.3, 0.4) is 0 Å². The van der Waals surface area contributed by atoms with E-state index in [1.165, 1.54) is 17.4 Å². The quantitative estimate of drug-likeness (QED) is 0.584. The van der Waals surface area contributed by atoms with Crippen molar-refractivity contribution in [3.05, 3.63) is 65.8 Å². The fourth-order valence-corrected chi connectivity index (χ4v) is 3.09. The number of nitrogens with zero attached hydrogens (tertiary/aromatic N) is 1. The molecule has 0 fully saturated rings. The van der Waals surface area contributed by atoms with Crippen molar-refractivity contribution in [3.8, 4) is 0 Å². The summed E-state index contributed by atoms with van der Waals surface area (Å²) in [5.74, 6) is 0. The molecule has 0 aliphatic carbocycles. The van der Waals surface area contributed by atoms with Crippen LogP contribution in [0.25, 0.3) is 11.8 Å². The predicted molar refractivity (Wildman–Crippen MR) is 78.3 cm³/mol. The van der Waals surface area contributed by atoms with Crippen molar-refractivity contribution in [2.45, 2.75) is 0 Å². The summed E-state index contributed by atoms with van der Waals surface area (Å²) in [6.45, 7) is 0. The number of benzene rings is 1. The Morgan fingerprint density at radius 1 is 1.39 bits per heavy atom. The Bertz CT molecular complexity index is 590. The summed E-state index contributed by atoms with van der Waals surface area (Å²) in [5, 5.41) is 11.1. The average molecular weight is 345 g/mol. The van der Waals surface area contributed by atoms with E-state index in [1.807, 2.05) is 6.07 Å². The lowest BCUT2D eigenvalue weighted by molar-refractivity contribution is -0.374. The summed E-state index contributed by atoms with van der Waals surface area (Å²) in [7, 11) is 0. The molecular formula is C12H7BrClNO2S. The summed E-state index contributed by atoms with van der Waals surface area (Å²) in [6, 6.07) is 10.5. The van der Waals surface area contributed by atoms with Gasteiger partial charge >= 0.3 is 0 Å². The van der Waals surface area contributed by atoms with Crippen LogP contribution in [-0.2, 0) is 0 Å². The number of thiophene rings is 1. The minimum atomic E-state index is -0.392. The third-order valence-electron chi connectivity index (χ3n) is 2.21. The van der Waals surface area contributed by atoms with E-state index in [9.17, 15) is 10.1 Å². The van der Waals surface area contributed by atoms with Crippen LogP contribution in [0, 0.1) is 10.1 Å². The van der Waals surface area contributed by atoms with E-state index in [-0.39, 0.29) is 5.70 Å². The molecule has 0 aliphatic rings. The molecule has 6 heteroatoms. The Hall–Kier alpha value is -1.17. The summed E-state index contributed by atoms with van der Waals surface area (Å²) >= 11 is 10.5. The van der Waals surface area contributed by atoms with Gasteiger partial charge in [-0.1, -0.05) is 29.8 Å². The van der Waals surface area contributed by atoms with Gasteiger partial charge in [0.15, 0.2) is 0 Å². The normalized spacial score (nSPS) is 11.6. The topological polar surface area (TPSA) is 43.1 Å². The molecule has 0 spiro atoms. The van der Waals surface area contributed by atoms with Crippen molar-refractivity contribution in [1.82, 2.24) is 0 Å². The van der Waals surface area contributed by atoms with E-state index >= 15 is 0 Å². The van der Waals surface area contributed by atoms with Gasteiger partial charge in [-0.3, -0.25) is 10.1 Å². The van der Waals surface area contributed by atoms with Gasteiger partial charge in [0.05, 0.1) is 10.5 Å². The lowest BCUT2D eigenvalue weighted by Gasteiger charge is -1.97. The van der Waals surface area contributed by atoms with E-state index in [0.717, 1.165) is 9.35 Å². The molecule has 0 bridgehead atoms. The summed E-state index contributed by atoms with van der Waals surface area (Å²) in [5.41, 5.74) is 0.629. The van der Waals surface area contributed by atoms with E-state index < -0.39 is 4.92 Å². The van der Waals surface area contributed by atoms with Crippen molar-refractivity contribution < 1.29 is 4.92 Å². The zero-order valence-corrected chi connectivity index (χ0v) is 12.1. The van der Waals surface area contributed by atoms with Gasteiger partial charge in [0.25, 0.3) is 5.70 Å². The van der Waals surface area contributed by atoms with Crippen molar-refractivity contribution in [2.75, 3.05) is 0 Å². The van der Waals surface area contributed by atoms with Crippen LogP contribution in [0.1, 0.15) is 10.4 Å². The Kier molecular flexibility index (Phi) is 4.16. The molecule has 1 heterocycles. The van der Waals surface area contributed by atoms with Crippen LogP contribution in [0.15, 0.2) is 40.9 Å². The van der Waals surface area contributed by atoms with Crippen molar-refractivity contribution in [2.24, 2.45) is 0 Å². The molecule has 18 heavy (non-hydrogen) atoms. The summed E-state index contributed by atoms with van der Waals surface area (Å²) < 4.78 is 1.33. The largest absolute Gasteiger partial charge is 0.277 e. The molecule has 2 aromatic rings. The van der Waals surface area contributed by atoms with Crippen LogP contribution in [-0.4, -0.2) is 4.92 Å². The zero-order valence-electron chi connectivity index (χ0n) is 8.97. The second-order valence-corrected chi connectivity index (χ2v) is 5.96. The molecule has 0 saturated carbocycles. The molecule has 0 radical (unpaired) electrons. The van der Waals surface area contributed by atoms with Gasteiger partial charge in [-0.15, -0.1) is 11.3 Å². The minimum Gasteiger partial charge on any atom is -0.258 e. The van der Waals surface area contributed by atoms with Crippen molar-refractivity contribution >= 4 is 50.6 Å². The fourth-order valence-electron chi connectivity index (χ4n) is 1.42. The molecule has 2 rings (SSSR count). The van der Waals surface area contributed by atoms with E-state index in [0.29, 0.717) is 9.90 Å². The highest BCUT2D eigenvalue weighted by atomic mass is 79.9. The maximum Gasteiger partial charge on any atom is 0.277 e. The first-order valence-corrected chi connectivity index (χ1v) is 6.93. The zero-order chi connectivity index (χ0) is 13.1. The Morgan fingerprint density at radius 2 is 2.06 bits per heavy atom. The van der Waals surface area contributed by atoms with Gasteiger partial charge in [0.2, 0.25) is 0 Å². The lowest BCUT2D eigenvalue weighted by Crippen LogP contribution is -1.96. The fraction of sp³-hybridized carbons (Fsp3) is 0. The molecule has 92 valence electrons. The smallest absolute Gasteiger partial charge is 0.258 e. The lowest BCUT2D eigenvalue weighted by atomic mass is 10.1. The van der Waals surface area contributed by atoms with Crippen LogP contribution < -0.4 is 0 Å². The van der Waals surface area contributed by atoms with Crippen LogP contribution >= 0.6 is 38.9 Å². The van der Waals surface area contributed by atoms with Crippen LogP contribution in [0.2, 0.25) is 4.34 Å². The molecule has 1 aromatic carbocycles. The monoisotopic (exact) mass is 343 g/mol. The van der Waals surface area contributed by atoms with Crippen LogP contribution in [0.5, 0.6) is 0 Å². The Morgan fingerprint density at radius 3 is 2.56 bits per heavy atom. The number of hydrogen-bond donors (Lipinski definition) is 0. The van der Waals surface area contributed by atoms with Crippen molar-refractivity contribution in [1.29, 1.82) is 0 Å². The van der Waals surface area contributed by atoms with Gasteiger partial charge in [-0.25, -0.2) is 0 Å².